The molecule has 0 radical (unpaired) electrons. The van der Waals surface area contributed by atoms with Gasteiger partial charge < -0.3 is 51.1 Å². The number of aliphatic hydroxyl groups excluding tert-OH is 5. The SMILES string of the molecule is NCC(O)O.O=P(O)(O)O.OCC(CO)(CO)CO. The molecule has 19 heavy (non-hydrogen) atoms. The Labute approximate surface area is 109 Å². The van der Waals surface area contributed by atoms with Crippen molar-refractivity contribution in [2.24, 2.45) is 11.1 Å². The number of hydrogen-bond donors (Lipinski definition) is 10. The molecule has 0 amide bonds. The van der Waals surface area contributed by atoms with Crippen LogP contribution in [-0.4, -0.2) is 84.6 Å². The van der Waals surface area contributed by atoms with E-state index in [4.69, 9.17) is 49.9 Å². The van der Waals surface area contributed by atoms with Gasteiger partial charge in [0, 0.05) is 6.54 Å². The molecule has 0 unspecified atom stereocenters. The van der Waals surface area contributed by atoms with Gasteiger partial charge in [0.15, 0.2) is 6.29 Å². The van der Waals surface area contributed by atoms with E-state index in [9.17, 15) is 0 Å². The molecule has 0 aliphatic rings. The summed E-state index contributed by atoms with van der Waals surface area (Å²) < 4.78 is 8.88. The summed E-state index contributed by atoms with van der Waals surface area (Å²) in [6, 6.07) is 0. The predicted octanol–water partition coefficient (Wildman–Crippen LogP) is -4.73. The second-order valence-corrected chi connectivity index (χ2v) is 4.39. The molecule has 120 valence electrons. The maximum atomic E-state index is 8.88. The van der Waals surface area contributed by atoms with Crippen molar-refractivity contribution < 1.29 is 49.9 Å². The van der Waals surface area contributed by atoms with Crippen LogP contribution in [-0.2, 0) is 4.57 Å². The molecule has 0 aliphatic carbocycles. The van der Waals surface area contributed by atoms with Crippen LogP contribution < -0.4 is 5.73 Å². The largest absolute Gasteiger partial charge is 0.466 e. The fourth-order valence-electron chi connectivity index (χ4n) is 0.300. The zero-order chi connectivity index (χ0) is 16.1. The van der Waals surface area contributed by atoms with Crippen LogP contribution >= 0.6 is 7.82 Å². The minimum atomic E-state index is -4.64. The van der Waals surface area contributed by atoms with Crippen LogP contribution in [0.2, 0.25) is 0 Å². The molecule has 0 aromatic carbocycles. The number of nitrogens with two attached hydrogens (primary N) is 1. The Morgan fingerprint density at radius 3 is 1.05 bits per heavy atom. The maximum Gasteiger partial charge on any atom is 0.466 e. The zero-order valence-electron chi connectivity index (χ0n) is 10.1. The van der Waals surface area contributed by atoms with Gasteiger partial charge in [0.2, 0.25) is 0 Å². The first-order valence-electron chi connectivity index (χ1n) is 4.79. The van der Waals surface area contributed by atoms with E-state index in [0.717, 1.165) is 0 Å². The van der Waals surface area contributed by atoms with Crippen LogP contribution in [0.4, 0.5) is 0 Å². The number of hydrogen-bond acceptors (Lipinski definition) is 8. The summed E-state index contributed by atoms with van der Waals surface area (Å²) in [5, 5.41) is 49.6. The molecular weight excluding hydrogens is 289 g/mol. The second-order valence-electron chi connectivity index (χ2n) is 3.36. The quantitative estimate of drug-likeness (QED) is 0.171. The highest BCUT2D eigenvalue weighted by Gasteiger charge is 2.26. The molecule has 0 heterocycles. The van der Waals surface area contributed by atoms with E-state index in [-0.39, 0.29) is 6.54 Å². The van der Waals surface area contributed by atoms with Crippen molar-refractivity contribution in [2.45, 2.75) is 6.29 Å². The first-order chi connectivity index (χ1) is 8.51. The Kier molecular flexibility index (Phi) is 16.1. The van der Waals surface area contributed by atoms with Crippen molar-refractivity contribution >= 4 is 7.82 Å². The van der Waals surface area contributed by atoms with Crippen LogP contribution in [0.1, 0.15) is 0 Å². The minimum absolute atomic E-state index is 0.0833. The van der Waals surface area contributed by atoms with E-state index in [1.165, 1.54) is 0 Å². The van der Waals surface area contributed by atoms with Gasteiger partial charge in [-0.1, -0.05) is 0 Å². The van der Waals surface area contributed by atoms with Crippen molar-refractivity contribution in [1.82, 2.24) is 0 Å². The number of phosphoric acid groups is 1. The average Bonchev–Trinajstić information content (AvgIpc) is 2.31. The molecule has 0 bridgehead atoms. The third kappa shape index (κ3) is 23.4. The lowest BCUT2D eigenvalue weighted by Gasteiger charge is -2.23. The molecule has 12 heteroatoms. The van der Waals surface area contributed by atoms with Crippen LogP contribution in [0.5, 0.6) is 0 Å². The Morgan fingerprint density at radius 2 is 1.05 bits per heavy atom. The van der Waals surface area contributed by atoms with Crippen LogP contribution in [0.3, 0.4) is 0 Å². The molecule has 0 saturated carbocycles. The van der Waals surface area contributed by atoms with Gasteiger partial charge in [-0.15, -0.1) is 0 Å². The molecule has 0 aliphatic heterocycles. The van der Waals surface area contributed by atoms with E-state index in [2.05, 4.69) is 5.73 Å². The summed E-state index contributed by atoms with van der Waals surface area (Å²) in [7, 11) is -4.64. The van der Waals surface area contributed by atoms with Gasteiger partial charge in [-0.25, -0.2) is 4.57 Å². The van der Waals surface area contributed by atoms with Gasteiger partial charge in [-0.3, -0.25) is 0 Å². The van der Waals surface area contributed by atoms with E-state index < -0.39 is 46.0 Å². The molecule has 0 aromatic rings. The standard InChI is InChI=1S/C5H12O4.C2H7NO2.H3O4P/c6-1-5(2-7,3-8)4-9;3-1-2(4)5;1-5(2,3)4/h6-9H,1-4H2;2,4-5H,1,3H2;(H3,1,2,3,4). The molecule has 11 nitrogen and oxygen atoms in total. The first-order valence-corrected chi connectivity index (χ1v) is 6.36. The monoisotopic (exact) mass is 311 g/mol. The molecule has 0 fully saturated rings. The highest BCUT2D eigenvalue weighted by molar-refractivity contribution is 7.45. The minimum Gasteiger partial charge on any atom is -0.396 e. The van der Waals surface area contributed by atoms with E-state index in [0.29, 0.717) is 0 Å². The Balaban J connectivity index is -0.000000219. The van der Waals surface area contributed by atoms with Gasteiger partial charge in [0.25, 0.3) is 0 Å². The number of rotatable bonds is 5. The highest BCUT2D eigenvalue weighted by Crippen LogP contribution is 2.25. The van der Waals surface area contributed by atoms with Gasteiger partial charge in [0.1, 0.15) is 0 Å². The van der Waals surface area contributed by atoms with Crippen LogP contribution in [0, 0.1) is 5.41 Å². The first kappa shape index (κ1) is 23.9. The molecule has 0 rings (SSSR count). The normalized spacial score (nSPS) is 11.3. The van der Waals surface area contributed by atoms with Crippen molar-refractivity contribution in [2.75, 3.05) is 33.0 Å². The highest BCUT2D eigenvalue weighted by atomic mass is 31.2. The van der Waals surface area contributed by atoms with Crippen molar-refractivity contribution in [3.63, 3.8) is 0 Å². The second kappa shape index (κ2) is 12.8. The molecule has 0 saturated heterocycles. The summed E-state index contributed by atoms with van der Waals surface area (Å²) in [5.41, 5.74) is 3.56. The van der Waals surface area contributed by atoms with E-state index >= 15 is 0 Å². The number of aliphatic hydroxyl groups is 6. The lowest BCUT2D eigenvalue weighted by Crippen LogP contribution is -2.37. The van der Waals surface area contributed by atoms with Crippen molar-refractivity contribution in [3.05, 3.63) is 0 Å². The lowest BCUT2D eigenvalue weighted by atomic mass is 9.93. The molecule has 0 aromatic heterocycles. The van der Waals surface area contributed by atoms with Gasteiger partial charge in [0.05, 0.1) is 31.8 Å². The lowest BCUT2D eigenvalue weighted by molar-refractivity contribution is -0.0329. The summed E-state index contributed by atoms with van der Waals surface area (Å²) in [6.07, 6.45) is -1.34. The fourth-order valence-corrected chi connectivity index (χ4v) is 0.300. The third-order valence-electron chi connectivity index (χ3n) is 1.55. The fraction of sp³-hybridized carbons (Fsp3) is 1.00. The Hall–Kier alpha value is -0.170. The topological polar surface area (TPSA) is 225 Å². The summed E-state index contributed by atoms with van der Waals surface area (Å²) in [4.78, 5) is 21.6. The third-order valence-corrected chi connectivity index (χ3v) is 1.55. The zero-order valence-corrected chi connectivity index (χ0v) is 11.0. The summed E-state index contributed by atoms with van der Waals surface area (Å²) in [6.45, 7) is -1.71. The van der Waals surface area contributed by atoms with E-state index in [1.807, 2.05) is 0 Å². The van der Waals surface area contributed by atoms with Gasteiger partial charge in [-0.05, 0) is 0 Å². The Bertz CT molecular complexity index is 202. The average molecular weight is 311 g/mol. The predicted molar refractivity (Wildman–Crippen MR) is 62.3 cm³/mol. The smallest absolute Gasteiger partial charge is 0.396 e. The summed E-state index contributed by atoms with van der Waals surface area (Å²) >= 11 is 0. The molecule has 0 atom stereocenters. The van der Waals surface area contributed by atoms with Crippen LogP contribution in [0.25, 0.3) is 0 Å². The molecule has 0 spiro atoms. The van der Waals surface area contributed by atoms with Crippen LogP contribution in [0.15, 0.2) is 0 Å². The molecule has 11 N–H and O–H groups in total. The van der Waals surface area contributed by atoms with Gasteiger partial charge >= 0.3 is 7.82 Å². The molecular formula is C7H22NO10P. The van der Waals surface area contributed by atoms with Gasteiger partial charge in [-0.2, -0.15) is 0 Å². The maximum absolute atomic E-state index is 8.88. The summed E-state index contributed by atoms with van der Waals surface area (Å²) in [5.74, 6) is 0. The van der Waals surface area contributed by atoms with Crippen molar-refractivity contribution in [3.8, 4) is 0 Å². The van der Waals surface area contributed by atoms with Crippen molar-refractivity contribution in [1.29, 1.82) is 0 Å². The Morgan fingerprint density at radius 1 is 0.895 bits per heavy atom. The van der Waals surface area contributed by atoms with E-state index in [1.54, 1.807) is 0 Å².